The molecule has 0 atom stereocenters. The number of rotatable bonds is 8. The zero-order valence-corrected chi connectivity index (χ0v) is 17.2. The zero-order valence-electron chi connectivity index (χ0n) is 17.2. The molecular weight excluding hydrogens is 328 g/mol. The molecule has 1 aliphatic heterocycles. The van der Waals surface area contributed by atoms with Crippen LogP contribution in [0.1, 0.15) is 44.4 Å². The van der Waals surface area contributed by atoms with E-state index in [4.69, 9.17) is 9.73 Å². The Bertz CT molecular complexity index is 562. The van der Waals surface area contributed by atoms with Crippen LogP contribution >= 0.6 is 0 Å². The topological polar surface area (TPSA) is 57.9 Å². The minimum absolute atomic E-state index is 0.424. The van der Waals surface area contributed by atoms with Crippen LogP contribution in [-0.4, -0.2) is 78.5 Å². The molecule has 1 saturated heterocycles. The molecule has 1 aliphatic rings. The first kappa shape index (κ1) is 20.7. The van der Waals surface area contributed by atoms with Crippen LogP contribution < -0.4 is 5.32 Å². The highest BCUT2D eigenvalue weighted by atomic mass is 16.5. The van der Waals surface area contributed by atoms with E-state index in [1.807, 2.05) is 11.7 Å². The molecule has 0 bridgehead atoms. The summed E-state index contributed by atoms with van der Waals surface area (Å²) in [4.78, 5) is 9.48. The lowest BCUT2D eigenvalue weighted by Gasteiger charge is -2.26. The van der Waals surface area contributed by atoms with E-state index in [1.54, 1.807) is 0 Å². The number of aryl methyl sites for hydroxylation is 1. The molecule has 0 aliphatic carbocycles. The van der Waals surface area contributed by atoms with Gasteiger partial charge in [0.15, 0.2) is 5.96 Å². The van der Waals surface area contributed by atoms with Crippen molar-refractivity contribution in [3.63, 3.8) is 0 Å². The number of hydrogen-bond donors (Lipinski definition) is 1. The first-order valence-corrected chi connectivity index (χ1v) is 9.83. The number of nitrogens with one attached hydrogen (secondary N) is 1. The first-order chi connectivity index (χ1) is 12.5. The van der Waals surface area contributed by atoms with E-state index in [0.717, 1.165) is 64.9 Å². The molecule has 0 saturated carbocycles. The van der Waals surface area contributed by atoms with Crippen molar-refractivity contribution in [2.75, 3.05) is 53.0 Å². The second kappa shape index (κ2) is 10.5. The SMILES string of the molecule is CCNC(=NCCCN1CCOCC1)N(C)Cc1cn(C)nc1C(C)C. The molecule has 2 heterocycles. The third-order valence-electron chi connectivity index (χ3n) is 4.59. The molecule has 1 aromatic heterocycles. The van der Waals surface area contributed by atoms with Crippen LogP contribution in [0.2, 0.25) is 0 Å². The Hall–Kier alpha value is -1.60. The third-order valence-corrected chi connectivity index (χ3v) is 4.59. The largest absolute Gasteiger partial charge is 0.379 e. The smallest absolute Gasteiger partial charge is 0.193 e. The fourth-order valence-corrected chi connectivity index (χ4v) is 3.27. The van der Waals surface area contributed by atoms with Gasteiger partial charge in [0, 0.05) is 65.1 Å². The van der Waals surface area contributed by atoms with Crippen LogP contribution in [0.3, 0.4) is 0 Å². The summed E-state index contributed by atoms with van der Waals surface area (Å²) >= 11 is 0. The quantitative estimate of drug-likeness (QED) is 0.432. The molecule has 7 heteroatoms. The average Bonchev–Trinajstić information content (AvgIpc) is 2.99. The van der Waals surface area contributed by atoms with E-state index in [0.29, 0.717) is 5.92 Å². The summed E-state index contributed by atoms with van der Waals surface area (Å²) in [5.41, 5.74) is 2.44. The number of aliphatic imine (C=N–C) groups is 1. The first-order valence-electron chi connectivity index (χ1n) is 9.83. The summed E-state index contributed by atoms with van der Waals surface area (Å²) in [6.07, 6.45) is 3.20. The van der Waals surface area contributed by atoms with E-state index in [2.05, 4.69) is 54.2 Å². The highest BCUT2D eigenvalue weighted by molar-refractivity contribution is 5.79. The van der Waals surface area contributed by atoms with Gasteiger partial charge in [-0.25, -0.2) is 0 Å². The van der Waals surface area contributed by atoms with Crippen molar-refractivity contribution in [1.82, 2.24) is 24.9 Å². The minimum Gasteiger partial charge on any atom is -0.379 e. The summed E-state index contributed by atoms with van der Waals surface area (Å²) in [7, 11) is 4.08. The summed E-state index contributed by atoms with van der Waals surface area (Å²) in [5, 5.41) is 8.02. The molecule has 1 N–H and O–H groups in total. The van der Waals surface area contributed by atoms with Gasteiger partial charge in [0.05, 0.1) is 18.9 Å². The molecule has 7 nitrogen and oxygen atoms in total. The van der Waals surface area contributed by atoms with Crippen molar-refractivity contribution in [2.24, 2.45) is 12.0 Å². The summed E-state index contributed by atoms with van der Waals surface area (Å²) < 4.78 is 7.31. The molecule has 1 aromatic rings. The molecule has 0 unspecified atom stereocenters. The highest BCUT2D eigenvalue weighted by Gasteiger charge is 2.15. The molecule has 1 fully saturated rings. The number of morpholine rings is 1. The standard InChI is InChI=1S/C19H36N6O/c1-6-20-19(21-8-7-9-25-10-12-26-13-11-25)23(4)14-17-15-24(5)22-18(17)16(2)3/h15-16H,6-14H2,1-5H3,(H,20,21). The van der Waals surface area contributed by atoms with Gasteiger partial charge in [0.2, 0.25) is 0 Å². The van der Waals surface area contributed by atoms with E-state index in [1.165, 1.54) is 11.3 Å². The maximum atomic E-state index is 5.40. The fourth-order valence-electron chi connectivity index (χ4n) is 3.27. The Morgan fingerprint density at radius 2 is 2.12 bits per heavy atom. The second-order valence-corrected chi connectivity index (χ2v) is 7.27. The Kier molecular flexibility index (Phi) is 8.38. The number of aromatic nitrogens is 2. The van der Waals surface area contributed by atoms with Crippen molar-refractivity contribution >= 4 is 5.96 Å². The Labute approximate surface area is 158 Å². The summed E-state index contributed by atoms with van der Waals surface area (Å²) in [6.45, 7) is 13.9. The van der Waals surface area contributed by atoms with E-state index in [-0.39, 0.29) is 0 Å². The van der Waals surface area contributed by atoms with Gasteiger partial charge >= 0.3 is 0 Å². The lowest BCUT2D eigenvalue weighted by atomic mass is 10.1. The second-order valence-electron chi connectivity index (χ2n) is 7.27. The van der Waals surface area contributed by atoms with Crippen LogP contribution in [0.5, 0.6) is 0 Å². The van der Waals surface area contributed by atoms with Crippen molar-refractivity contribution < 1.29 is 4.74 Å². The van der Waals surface area contributed by atoms with Gasteiger partial charge in [0.25, 0.3) is 0 Å². The number of guanidine groups is 1. The predicted molar refractivity (Wildman–Crippen MR) is 107 cm³/mol. The minimum atomic E-state index is 0.424. The van der Waals surface area contributed by atoms with Gasteiger partial charge in [-0.15, -0.1) is 0 Å². The van der Waals surface area contributed by atoms with Crippen molar-refractivity contribution in [3.05, 3.63) is 17.5 Å². The maximum absolute atomic E-state index is 5.40. The highest BCUT2D eigenvalue weighted by Crippen LogP contribution is 2.18. The third kappa shape index (κ3) is 6.29. The number of hydrogen-bond acceptors (Lipinski definition) is 4. The molecule has 0 aromatic carbocycles. The number of nitrogens with zero attached hydrogens (tertiary/aromatic N) is 5. The van der Waals surface area contributed by atoms with Crippen molar-refractivity contribution in [3.8, 4) is 0 Å². The molecule has 2 rings (SSSR count). The van der Waals surface area contributed by atoms with Gasteiger partial charge in [-0.1, -0.05) is 13.8 Å². The normalized spacial score (nSPS) is 16.3. The van der Waals surface area contributed by atoms with Gasteiger partial charge in [0.1, 0.15) is 0 Å². The van der Waals surface area contributed by atoms with Crippen LogP contribution in [0.4, 0.5) is 0 Å². The van der Waals surface area contributed by atoms with Gasteiger partial charge in [-0.3, -0.25) is 14.6 Å². The van der Waals surface area contributed by atoms with Crippen molar-refractivity contribution in [1.29, 1.82) is 0 Å². The van der Waals surface area contributed by atoms with Gasteiger partial charge in [-0.05, 0) is 19.3 Å². The summed E-state index contributed by atoms with van der Waals surface area (Å²) in [5.74, 6) is 1.39. The fraction of sp³-hybridized carbons (Fsp3) is 0.789. The van der Waals surface area contributed by atoms with Crippen LogP contribution in [0.15, 0.2) is 11.2 Å². The lowest BCUT2D eigenvalue weighted by molar-refractivity contribution is 0.0377. The van der Waals surface area contributed by atoms with Gasteiger partial charge in [-0.2, -0.15) is 5.10 Å². The molecule has 26 heavy (non-hydrogen) atoms. The Morgan fingerprint density at radius 3 is 2.77 bits per heavy atom. The summed E-state index contributed by atoms with van der Waals surface area (Å²) in [6, 6.07) is 0. The average molecular weight is 365 g/mol. The predicted octanol–water partition coefficient (Wildman–Crippen LogP) is 1.66. The lowest BCUT2D eigenvalue weighted by Crippen LogP contribution is -2.39. The molecule has 148 valence electrons. The van der Waals surface area contributed by atoms with Crippen LogP contribution in [-0.2, 0) is 18.3 Å². The molecule has 0 spiro atoms. The molecule has 0 amide bonds. The van der Waals surface area contributed by atoms with E-state index in [9.17, 15) is 0 Å². The molecule has 0 radical (unpaired) electrons. The van der Waals surface area contributed by atoms with Crippen LogP contribution in [0.25, 0.3) is 0 Å². The van der Waals surface area contributed by atoms with E-state index < -0.39 is 0 Å². The molecular formula is C19H36N6O. The maximum Gasteiger partial charge on any atom is 0.193 e. The zero-order chi connectivity index (χ0) is 18.9. The number of ether oxygens (including phenoxy) is 1. The van der Waals surface area contributed by atoms with Gasteiger partial charge < -0.3 is 15.0 Å². The van der Waals surface area contributed by atoms with Crippen molar-refractivity contribution in [2.45, 2.75) is 39.7 Å². The monoisotopic (exact) mass is 364 g/mol. The Morgan fingerprint density at radius 1 is 1.38 bits per heavy atom. The Balaban J connectivity index is 1.90. The van der Waals surface area contributed by atoms with Crippen LogP contribution in [0, 0.1) is 0 Å². The van der Waals surface area contributed by atoms with E-state index >= 15 is 0 Å².